The van der Waals surface area contributed by atoms with Gasteiger partial charge in [0.05, 0.1) is 7.11 Å². The Labute approximate surface area is 180 Å². The summed E-state index contributed by atoms with van der Waals surface area (Å²) in [5.41, 5.74) is 2.82. The zero-order valence-corrected chi connectivity index (χ0v) is 18.7. The zero-order chi connectivity index (χ0) is 21.9. The molecule has 0 unspecified atom stereocenters. The number of methoxy groups -OCH3 is 1. The number of carbonyl (C=O) groups is 1. The van der Waals surface area contributed by atoms with Crippen LogP contribution >= 0.6 is 11.8 Å². The van der Waals surface area contributed by atoms with E-state index in [9.17, 15) is 9.59 Å². The van der Waals surface area contributed by atoms with Gasteiger partial charge in [0.2, 0.25) is 5.78 Å². The van der Waals surface area contributed by atoms with Crippen molar-refractivity contribution in [2.75, 3.05) is 7.11 Å². The van der Waals surface area contributed by atoms with Crippen LogP contribution in [0.1, 0.15) is 53.5 Å². The third-order valence-corrected chi connectivity index (χ3v) is 5.81. The van der Waals surface area contributed by atoms with Gasteiger partial charge in [-0.1, -0.05) is 62.9 Å². The van der Waals surface area contributed by atoms with Crippen LogP contribution in [0.4, 0.5) is 0 Å². The van der Waals surface area contributed by atoms with Crippen LogP contribution in [0, 0.1) is 6.92 Å². The van der Waals surface area contributed by atoms with E-state index in [1.54, 1.807) is 20.1 Å². The summed E-state index contributed by atoms with van der Waals surface area (Å²) in [5.74, 6) is 1.16. The molecule has 5 nitrogen and oxygen atoms in total. The molecule has 1 N–H and O–H groups in total. The minimum absolute atomic E-state index is 0.0771. The summed E-state index contributed by atoms with van der Waals surface area (Å²) in [6, 6.07) is 15.2. The normalized spacial score (nSPS) is 11.4. The van der Waals surface area contributed by atoms with E-state index in [4.69, 9.17) is 4.74 Å². The van der Waals surface area contributed by atoms with Crippen molar-refractivity contribution in [3.8, 4) is 5.75 Å². The van der Waals surface area contributed by atoms with Crippen LogP contribution in [0.15, 0.2) is 58.5 Å². The molecule has 0 aliphatic heterocycles. The molecule has 0 fully saturated rings. The fourth-order valence-electron chi connectivity index (χ4n) is 2.94. The molecule has 1 heterocycles. The molecule has 0 bridgehead atoms. The first-order valence-electron chi connectivity index (χ1n) is 9.71. The number of aromatic nitrogens is 2. The summed E-state index contributed by atoms with van der Waals surface area (Å²) >= 11 is 1.38. The minimum atomic E-state index is -0.294. The number of ketones is 1. The lowest BCUT2D eigenvalue weighted by Crippen LogP contribution is -2.20. The van der Waals surface area contributed by atoms with Crippen molar-refractivity contribution < 1.29 is 9.53 Å². The van der Waals surface area contributed by atoms with E-state index in [1.165, 1.54) is 11.8 Å². The van der Waals surface area contributed by atoms with Crippen LogP contribution in [0.25, 0.3) is 0 Å². The number of rotatable bonds is 6. The van der Waals surface area contributed by atoms with Crippen molar-refractivity contribution in [1.29, 1.82) is 0 Å². The molecule has 0 aliphatic rings. The van der Waals surface area contributed by atoms with Gasteiger partial charge in [-0.3, -0.25) is 9.59 Å². The summed E-state index contributed by atoms with van der Waals surface area (Å²) in [7, 11) is 1.63. The number of carbonyl (C=O) groups excluding carboxylic acids is 1. The van der Waals surface area contributed by atoms with Gasteiger partial charge in [0, 0.05) is 16.9 Å². The maximum atomic E-state index is 13.2. The predicted molar refractivity (Wildman–Crippen MR) is 121 cm³/mol. The van der Waals surface area contributed by atoms with Gasteiger partial charge in [-0.2, -0.15) is 0 Å². The first kappa shape index (κ1) is 21.8. The second-order valence-electron chi connectivity index (χ2n) is 8.14. The molecule has 30 heavy (non-hydrogen) atoms. The van der Waals surface area contributed by atoms with Crippen molar-refractivity contribution >= 4 is 17.5 Å². The molecule has 0 aliphatic carbocycles. The number of ether oxygens (including phenoxy) is 1. The average Bonchev–Trinajstić information content (AvgIpc) is 2.73. The third kappa shape index (κ3) is 5.00. The topological polar surface area (TPSA) is 72.0 Å². The molecule has 156 valence electrons. The Hall–Kier alpha value is -2.86. The van der Waals surface area contributed by atoms with Gasteiger partial charge < -0.3 is 9.72 Å². The van der Waals surface area contributed by atoms with Crippen molar-refractivity contribution in [3.63, 3.8) is 0 Å². The summed E-state index contributed by atoms with van der Waals surface area (Å²) in [5, 5.41) is 0.428. The number of thioether (sulfide) groups is 1. The predicted octanol–water partition coefficient (Wildman–Crippen LogP) is 4.91. The largest absolute Gasteiger partial charge is 0.497 e. The number of benzene rings is 2. The van der Waals surface area contributed by atoms with E-state index >= 15 is 0 Å². The second-order valence-corrected chi connectivity index (χ2v) is 9.11. The Kier molecular flexibility index (Phi) is 6.46. The lowest BCUT2D eigenvalue weighted by molar-refractivity contribution is 0.103. The van der Waals surface area contributed by atoms with Crippen LogP contribution in [0.2, 0.25) is 0 Å². The van der Waals surface area contributed by atoms with Gasteiger partial charge in [-0.25, -0.2) is 4.98 Å². The SMILES string of the molecule is COc1ccc(CSc2nc(C(=O)c3cccc(C(C)(C)C)c3)c(C)c(=O)[nH]2)cc1. The smallest absolute Gasteiger partial charge is 0.255 e. The van der Waals surface area contributed by atoms with Gasteiger partial charge in [0.15, 0.2) is 5.16 Å². The fraction of sp³-hybridized carbons (Fsp3) is 0.292. The Bertz CT molecular complexity index is 1110. The summed E-state index contributed by atoms with van der Waals surface area (Å²) in [6.45, 7) is 7.92. The molecule has 0 atom stereocenters. The number of hydrogen-bond acceptors (Lipinski definition) is 5. The summed E-state index contributed by atoms with van der Waals surface area (Å²) in [6.07, 6.45) is 0. The fourth-order valence-corrected chi connectivity index (χ4v) is 3.75. The van der Waals surface area contributed by atoms with E-state index < -0.39 is 0 Å². The number of nitrogens with one attached hydrogen (secondary N) is 1. The number of hydrogen-bond donors (Lipinski definition) is 1. The first-order valence-corrected chi connectivity index (χ1v) is 10.7. The van der Waals surface area contributed by atoms with E-state index in [0.29, 0.717) is 22.0 Å². The van der Waals surface area contributed by atoms with E-state index in [2.05, 4.69) is 30.7 Å². The molecule has 2 aromatic carbocycles. The summed E-state index contributed by atoms with van der Waals surface area (Å²) < 4.78 is 5.17. The Morgan fingerprint density at radius 3 is 2.47 bits per heavy atom. The first-order chi connectivity index (χ1) is 14.2. The van der Waals surface area contributed by atoms with E-state index in [-0.39, 0.29) is 22.5 Å². The average molecular weight is 423 g/mol. The van der Waals surface area contributed by atoms with Crippen LogP contribution in [0.5, 0.6) is 5.75 Å². The lowest BCUT2D eigenvalue weighted by atomic mass is 9.85. The van der Waals surface area contributed by atoms with Crippen LogP contribution in [0.3, 0.4) is 0 Å². The summed E-state index contributed by atoms with van der Waals surface area (Å²) in [4.78, 5) is 32.9. The third-order valence-electron chi connectivity index (χ3n) is 4.87. The Morgan fingerprint density at radius 2 is 1.83 bits per heavy atom. The van der Waals surface area contributed by atoms with Crippen LogP contribution in [-0.4, -0.2) is 22.9 Å². The maximum Gasteiger partial charge on any atom is 0.255 e. The maximum absolute atomic E-state index is 13.2. The molecule has 0 amide bonds. The van der Waals surface area contributed by atoms with E-state index in [0.717, 1.165) is 16.9 Å². The minimum Gasteiger partial charge on any atom is -0.497 e. The van der Waals surface area contributed by atoms with Gasteiger partial charge in [-0.15, -0.1) is 0 Å². The van der Waals surface area contributed by atoms with Crippen LogP contribution < -0.4 is 10.3 Å². The molecule has 0 spiro atoms. The molecule has 0 saturated carbocycles. The second kappa shape index (κ2) is 8.88. The lowest BCUT2D eigenvalue weighted by Gasteiger charge is -2.19. The van der Waals surface area contributed by atoms with Crippen molar-refractivity contribution in [3.05, 3.63) is 86.8 Å². The Balaban J connectivity index is 1.87. The molecular formula is C24H26N2O3S. The van der Waals surface area contributed by atoms with Gasteiger partial charge in [0.25, 0.3) is 5.56 Å². The molecule has 0 radical (unpaired) electrons. The number of H-pyrrole nitrogens is 1. The monoisotopic (exact) mass is 422 g/mol. The number of nitrogens with zero attached hydrogens (tertiary/aromatic N) is 1. The van der Waals surface area contributed by atoms with Gasteiger partial charge in [-0.05, 0) is 41.7 Å². The van der Waals surface area contributed by atoms with Gasteiger partial charge >= 0.3 is 0 Å². The number of aromatic amines is 1. The van der Waals surface area contributed by atoms with Crippen molar-refractivity contribution in [1.82, 2.24) is 9.97 Å². The molecule has 6 heteroatoms. The quantitative estimate of drug-likeness (QED) is 0.347. The molecule has 3 rings (SSSR count). The highest BCUT2D eigenvalue weighted by molar-refractivity contribution is 7.98. The van der Waals surface area contributed by atoms with Gasteiger partial charge in [0.1, 0.15) is 11.4 Å². The van der Waals surface area contributed by atoms with Crippen molar-refractivity contribution in [2.45, 2.75) is 44.0 Å². The van der Waals surface area contributed by atoms with Crippen LogP contribution in [-0.2, 0) is 11.2 Å². The molecule has 0 saturated heterocycles. The standard InChI is InChI=1S/C24H26N2O3S/c1-15-20(21(27)17-7-6-8-18(13-17)24(2,3)4)25-23(26-22(15)28)30-14-16-9-11-19(29-5)12-10-16/h6-13H,14H2,1-5H3,(H,25,26,28). The van der Waals surface area contributed by atoms with Crippen molar-refractivity contribution in [2.24, 2.45) is 0 Å². The molecule has 1 aromatic heterocycles. The highest BCUT2D eigenvalue weighted by Crippen LogP contribution is 2.25. The highest BCUT2D eigenvalue weighted by atomic mass is 32.2. The van der Waals surface area contributed by atoms with E-state index in [1.807, 2.05) is 42.5 Å². The molecular weight excluding hydrogens is 396 g/mol. The molecule has 3 aromatic rings. The zero-order valence-electron chi connectivity index (χ0n) is 17.9. The Morgan fingerprint density at radius 1 is 1.13 bits per heavy atom. The highest BCUT2D eigenvalue weighted by Gasteiger charge is 2.20.